The Kier molecular flexibility index (Phi) is 5.10. The molecule has 2 aromatic rings. The highest BCUT2D eigenvalue weighted by atomic mass is 32.2. The number of rotatable bonds is 4. The van der Waals surface area contributed by atoms with Gasteiger partial charge in [-0.05, 0) is 54.8 Å². The Hall–Kier alpha value is -2.78. The summed E-state index contributed by atoms with van der Waals surface area (Å²) in [5, 5.41) is 5.28. The summed E-state index contributed by atoms with van der Waals surface area (Å²) >= 11 is 0. The van der Waals surface area contributed by atoms with E-state index in [0.29, 0.717) is 24.3 Å². The minimum Gasteiger partial charge on any atom is -0.326 e. The maximum absolute atomic E-state index is 13.4. The number of hydrogen-bond acceptors (Lipinski definition) is 4. The number of fused-ring (bicyclic) bond motifs is 1. The first-order valence-electron chi connectivity index (χ1n) is 9.35. The van der Waals surface area contributed by atoms with E-state index < -0.39 is 27.7 Å². The Morgan fingerprint density at radius 2 is 1.79 bits per heavy atom. The van der Waals surface area contributed by atoms with Gasteiger partial charge < -0.3 is 10.6 Å². The van der Waals surface area contributed by atoms with Crippen LogP contribution in [0.2, 0.25) is 0 Å². The van der Waals surface area contributed by atoms with Crippen molar-refractivity contribution in [3.63, 3.8) is 0 Å². The van der Waals surface area contributed by atoms with E-state index in [1.165, 1.54) is 46.8 Å². The predicted molar refractivity (Wildman–Crippen MR) is 105 cm³/mol. The fourth-order valence-corrected chi connectivity index (χ4v) is 5.21. The number of halogens is 1. The fourth-order valence-electron chi connectivity index (χ4n) is 3.69. The second-order valence-electron chi connectivity index (χ2n) is 7.16. The lowest BCUT2D eigenvalue weighted by Gasteiger charge is -2.25. The van der Waals surface area contributed by atoms with Crippen LogP contribution in [0.5, 0.6) is 0 Å². The highest BCUT2D eigenvalue weighted by Gasteiger charge is 2.31. The monoisotopic (exact) mass is 417 g/mol. The SMILES string of the molecule is O=C1CC(C(=O)Nc2ccc(S(=O)(=O)N3CCCC3)cc2)c2ccc(F)cc2N1. The minimum absolute atomic E-state index is 0.0497. The van der Waals surface area contributed by atoms with Crippen LogP contribution in [0.25, 0.3) is 0 Å². The van der Waals surface area contributed by atoms with Crippen LogP contribution in [0.4, 0.5) is 15.8 Å². The first-order chi connectivity index (χ1) is 13.8. The summed E-state index contributed by atoms with van der Waals surface area (Å²) in [6.45, 7) is 1.04. The number of hydrogen-bond donors (Lipinski definition) is 2. The molecular formula is C20H20FN3O4S. The minimum atomic E-state index is -3.52. The number of benzene rings is 2. The first kappa shape index (κ1) is 19.5. The van der Waals surface area contributed by atoms with Gasteiger partial charge in [-0.15, -0.1) is 0 Å². The molecule has 29 heavy (non-hydrogen) atoms. The summed E-state index contributed by atoms with van der Waals surface area (Å²) in [4.78, 5) is 24.8. The molecule has 1 unspecified atom stereocenters. The molecule has 2 aliphatic heterocycles. The van der Waals surface area contributed by atoms with Crippen molar-refractivity contribution < 1.29 is 22.4 Å². The molecule has 1 atom stereocenters. The van der Waals surface area contributed by atoms with Gasteiger partial charge >= 0.3 is 0 Å². The lowest BCUT2D eigenvalue weighted by atomic mass is 9.89. The van der Waals surface area contributed by atoms with Crippen LogP contribution in [-0.2, 0) is 19.6 Å². The largest absolute Gasteiger partial charge is 0.326 e. The van der Waals surface area contributed by atoms with Crippen LogP contribution < -0.4 is 10.6 Å². The van der Waals surface area contributed by atoms with E-state index in [-0.39, 0.29) is 22.9 Å². The Balaban J connectivity index is 1.51. The summed E-state index contributed by atoms with van der Waals surface area (Å²) < 4.78 is 40.1. The Morgan fingerprint density at radius 1 is 1.10 bits per heavy atom. The Bertz CT molecular complexity index is 1060. The summed E-state index contributed by atoms with van der Waals surface area (Å²) in [5.74, 6) is -2.04. The smallest absolute Gasteiger partial charge is 0.243 e. The quantitative estimate of drug-likeness (QED) is 0.800. The van der Waals surface area contributed by atoms with Gasteiger partial charge in [0.05, 0.1) is 10.8 Å². The van der Waals surface area contributed by atoms with Crippen molar-refractivity contribution in [1.29, 1.82) is 0 Å². The van der Waals surface area contributed by atoms with Crippen LogP contribution in [0.3, 0.4) is 0 Å². The molecule has 2 N–H and O–H groups in total. The molecule has 0 aromatic heterocycles. The normalized spacial score (nSPS) is 19.5. The number of nitrogens with one attached hydrogen (secondary N) is 2. The standard InChI is InChI=1S/C20H20FN3O4S/c21-13-3-8-16-17(12-19(25)23-18(16)11-13)20(26)22-14-4-6-15(7-5-14)29(27,28)24-9-1-2-10-24/h3-8,11,17H,1-2,9-10,12H2,(H,22,26)(H,23,25). The van der Waals surface area contributed by atoms with Crippen LogP contribution >= 0.6 is 0 Å². The van der Waals surface area contributed by atoms with Gasteiger partial charge in [-0.3, -0.25) is 9.59 Å². The molecule has 152 valence electrons. The van der Waals surface area contributed by atoms with E-state index >= 15 is 0 Å². The van der Waals surface area contributed by atoms with Gasteiger partial charge in [0.2, 0.25) is 21.8 Å². The topological polar surface area (TPSA) is 95.6 Å². The van der Waals surface area contributed by atoms with Gasteiger partial charge in [-0.1, -0.05) is 6.07 Å². The van der Waals surface area contributed by atoms with Crippen molar-refractivity contribution in [2.24, 2.45) is 0 Å². The molecule has 0 radical (unpaired) electrons. The summed E-state index contributed by atoms with van der Waals surface area (Å²) in [6.07, 6.45) is 1.66. The van der Waals surface area contributed by atoms with Crippen molar-refractivity contribution in [3.05, 3.63) is 53.8 Å². The number of amides is 2. The van der Waals surface area contributed by atoms with Gasteiger partial charge in [0, 0.05) is 30.9 Å². The van der Waals surface area contributed by atoms with Crippen molar-refractivity contribution >= 4 is 33.2 Å². The molecular weight excluding hydrogens is 397 g/mol. The van der Waals surface area contributed by atoms with E-state index in [9.17, 15) is 22.4 Å². The highest BCUT2D eigenvalue weighted by Crippen LogP contribution is 2.33. The third-order valence-electron chi connectivity index (χ3n) is 5.20. The molecule has 0 bridgehead atoms. The van der Waals surface area contributed by atoms with Gasteiger partial charge in [-0.25, -0.2) is 12.8 Å². The molecule has 1 fully saturated rings. The third kappa shape index (κ3) is 3.88. The zero-order valence-corrected chi connectivity index (χ0v) is 16.3. The molecule has 0 aliphatic carbocycles. The van der Waals surface area contributed by atoms with Gasteiger partial charge in [0.15, 0.2) is 0 Å². The van der Waals surface area contributed by atoms with Crippen LogP contribution in [-0.4, -0.2) is 37.6 Å². The van der Waals surface area contributed by atoms with Crippen molar-refractivity contribution in [2.45, 2.75) is 30.1 Å². The van der Waals surface area contributed by atoms with Gasteiger partial charge in [0.25, 0.3) is 0 Å². The van der Waals surface area contributed by atoms with E-state index in [1.54, 1.807) is 0 Å². The number of anilines is 2. The van der Waals surface area contributed by atoms with E-state index in [2.05, 4.69) is 10.6 Å². The molecule has 0 saturated carbocycles. The molecule has 2 aromatic carbocycles. The average molecular weight is 417 g/mol. The second-order valence-corrected chi connectivity index (χ2v) is 9.10. The maximum Gasteiger partial charge on any atom is 0.243 e. The molecule has 2 amide bonds. The summed E-state index contributed by atoms with van der Waals surface area (Å²) in [7, 11) is -3.52. The zero-order chi connectivity index (χ0) is 20.6. The first-order valence-corrected chi connectivity index (χ1v) is 10.8. The average Bonchev–Trinajstić information content (AvgIpc) is 3.23. The lowest BCUT2D eigenvalue weighted by Crippen LogP contribution is -2.31. The number of carbonyl (C=O) groups excluding carboxylic acids is 2. The van der Waals surface area contributed by atoms with Gasteiger partial charge in [0.1, 0.15) is 5.82 Å². The van der Waals surface area contributed by atoms with Crippen LogP contribution in [0.15, 0.2) is 47.4 Å². The Labute approximate surface area is 168 Å². The Morgan fingerprint density at radius 3 is 2.48 bits per heavy atom. The number of nitrogens with zero attached hydrogens (tertiary/aromatic N) is 1. The van der Waals surface area contributed by atoms with Crippen LogP contribution in [0.1, 0.15) is 30.7 Å². The zero-order valence-electron chi connectivity index (χ0n) is 15.5. The van der Waals surface area contributed by atoms with E-state index in [1.807, 2.05) is 0 Å². The van der Waals surface area contributed by atoms with Crippen molar-refractivity contribution in [3.8, 4) is 0 Å². The van der Waals surface area contributed by atoms with Crippen molar-refractivity contribution in [1.82, 2.24) is 4.31 Å². The molecule has 9 heteroatoms. The van der Waals surface area contributed by atoms with Gasteiger partial charge in [-0.2, -0.15) is 4.31 Å². The molecule has 2 aliphatic rings. The molecule has 2 heterocycles. The van der Waals surface area contributed by atoms with E-state index in [4.69, 9.17) is 0 Å². The molecule has 7 nitrogen and oxygen atoms in total. The second kappa shape index (κ2) is 7.57. The molecule has 0 spiro atoms. The molecule has 4 rings (SSSR count). The third-order valence-corrected chi connectivity index (χ3v) is 7.11. The lowest BCUT2D eigenvalue weighted by molar-refractivity contribution is -0.123. The molecule has 1 saturated heterocycles. The van der Waals surface area contributed by atoms with E-state index in [0.717, 1.165) is 12.8 Å². The summed E-state index contributed by atoms with van der Waals surface area (Å²) in [5.41, 5.74) is 1.25. The van der Waals surface area contributed by atoms with Crippen molar-refractivity contribution in [2.75, 3.05) is 23.7 Å². The summed E-state index contributed by atoms with van der Waals surface area (Å²) in [6, 6.07) is 9.88. The predicted octanol–water partition coefficient (Wildman–Crippen LogP) is 2.67. The van der Waals surface area contributed by atoms with Crippen LogP contribution in [0, 0.1) is 5.82 Å². The number of sulfonamides is 1. The number of carbonyl (C=O) groups is 2. The fraction of sp³-hybridized carbons (Fsp3) is 0.300. The highest BCUT2D eigenvalue weighted by molar-refractivity contribution is 7.89. The maximum atomic E-state index is 13.4.